The van der Waals surface area contributed by atoms with E-state index in [-0.39, 0.29) is 23.4 Å². The van der Waals surface area contributed by atoms with Gasteiger partial charge in [0.15, 0.2) is 5.69 Å². The van der Waals surface area contributed by atoms with Crippen LogP contribution in [0, 0.1) is 18.8 Å². The van der Waals surface area contributed by atoms with E-state index in [4.69, 9.17) is 4.52 Å². The fraction of sp³-hybridized carbons (Fsp3) is 0.640. The van der Waals surface area contributed by atoms with Gasteiger partial charge in [-0.15, -0.1) is 0 Å². The summed E-state index contributed by atoms with van der Waals surface area (Å²) in [6.07, 6.45) is 9.10. The van der Waals surface area contributed by atoms with Crippen molar-refractivity contribution in [3.63, 3.8) is 0 Å². The van der Waals surface area contributed by atoms with Crippen molar-refractivity contribution in [2.24, 2.45) is 11.8 Å². The van der Waals surface area contributed by atoms with Crippen LogP contribution in [-0.4, -0.2) is 63.0 Å². The van der Waals surface area contributed by atoms with Crippen LogP contribution < -0.4 is 10.6 Å². The molecule has 1 aromatic heterocycles. The Bertz CT molecular complexity index is 1020. The quantitative estimate of drug-likeness (QED) is 0.556. The topological polar surface area (TPSA) is 142 Å². The molecule has 3 aliphatic rings. The number of amides is 3. The maximum Gasteiger partial charge on any atom is 0.330 e. The Morgan fingerprint density at radius 3 is 2.71 bits per heavy atom. The molecule has 5 unspecified atom stereocenters. The van der Waals surface area contributed by atoms with Gasteiger partial charge in [0, 0.05) is 18.5 Å². The lowest BCUT2D eigenvalue weighted by atomic mass is 9.66. The number of rotatable bonds is 3. The van der Waals surface area contributed by atoms with Crippen molar-refractivity contribution in [3.05, 3.63) is 29.7 Å². The molecule has 0 radical (unpaired) electrons. The summed E-state index contributed by atoms with van der Waals surface area (Å²) >= 11 is 0. The average Bonchev–Trinajstić information content (AvgIpc) is 3.41. The number of aliphatic carboxylic acids is 1. The summed E-state index contributed by atoms with van der Waals surface area (Å²) in [5.41, 5.74) is -1.24. The minimum Gasteiger partial charge on any atom is -0.479 e. The van der Waals surface area contributed by atoms with Crippen LogP contribution in [0.1, 0.15) is 74.5 Å². The molecule has 2 fully saturated rings. The van der Waals surface area contributed by atoms with Gasteiger partial charge in [-0.2, -0.15) is 0 Å². The molecule has 1 aromatic rings. The van der Waals surface area contributed by atoms with E-state index in [0.717, 1.165) is 25.7 Å². The first-order chi connectivity index (χ1) is 16.7. The fourth-order valence-corrected chi connectivity index (χ4v) is 5.39. The van der Waals surface area contributed by atoms with Gasteiger partial charge < -0.3 is 25.2 Å². The lowest BCUT2D eigenvalue weighted by Gasteiger charge is -2.46. The van der Waals surface area contributed by atoms with Gasteiger partial charge in [-0.05, 0) is 51.4 Å². The Morgan fingerprint density at radius 1 is 1.26 bits per heavy atom. The van der Waals surface area contributed by atoms with E-state index in [9.17, 15) is 24.3 Å². The molecule has 5 atom stereocenters. The first-order valence-electron chi connectivity index (χ1n) is 12.5. The second-order valence-electron chi connectivity index (χ2n) is 10.2. The number of carbonyl (C=O) groups excluding carboxylic acids is 3. The highest BCUT2D eigenvalue weighted by Gasteiger charge is 2.54. The monoisotopic (exact) mass is 486 g/mol. The second kappa shape index (κ2) is 10.2. The smallest absolute Gasteiger partial charge is 0.330 e. The van der Waals surface area contributed by atoms with E-state index in [2.05, 4.69) is 15.8 Å². The van der Waals surface area contributed by atoms with E-state index >= 15 is 0 Å². The van der Waals surface area contributed by atoms with Crippen molar-refractivity contribution < 1.29 is 28.8 Å². The van der Waals surface area contributed by atoms with Gasteiger partial charge >= 0.3 is 5.97 Å². The van der Waals surface area contributed by atoms with Crippen LogP contribution in [0.25, 0.3) is 0 Å². The number of aromatic nitrogens is 1. The van der Waals surface area contributed by atoms with Crippen molar-refractivity contribution in [1.82, 2.24) is 20.7 Å². The van der Waals surface area contributed by atoms with Crippen LogP contribution >= 0.6 is 0 Å². The lowest BCUT2D eigenvalue weighted by Crippen LogP contribution is -2.67. The number of aryl methyl sites for hydroxylation is 1. The summed E-state index contributed by atoms with van der Waals surface area (Å²) in [5.74, 6) is -2.04. The third kappa shape index (κ3) is 5.11. The Hall–Kier alpha value is -3.17. The van der Waals surface area contributed by atoms with Gasteiger partial charge in [-0.25, -0.2) is 4.79 Å². The Balaban J connectivity index is 1.59. The van der Waals surface area contributed by atoms with E-state index in [0.29, 0.717) is 38.0 Å². The van der Waals surface area contributed by atoms with Crippen LogP contribution in [0.15, 0.2) is 22.7 Å². The number of nitrogens with one attached hydrogen (secondary N) is 2. The highest BCUT2D eigenvalue weighted by molar-refractivity contribution is 5.98. The van der Waals surface area contributed by atoms with E-state index in [1.165, 1.54) is 11.0 Å². The first-order valence-corrected chi connectivity index (χ1v) is 12.5. The molecule has 3 amide bonds. The van der Waals surface area contributed by atoms with Crippen LogP contribution in [0.2, 0.25) is 0 Å². The molecule has 190 valence electrons. The third-order valence-electron chi connectivity index (χ3n) is 7.50. The van der Waals surface area contributed by atoms with E-state index in [1.54, 1.807) is 6.92 Å². The molecule has 3 N–H and O–H groups in total. The zero-order valence-electron chi connectivity index (χ0n) is 20.3. The predicted molar refractivity (Wildman–Crippen MR) is 125 cm³/mol. The highest BCUT2D eigenvalue weighted by atomic mass is 16.5. The number of allylic oxidation sites excluding steroid dienone is 1. The molecule has 0 bridgehead atoms. The number of fused-ring (bicyclic) bond motifs is 2. The molecular formula is C25H34N4O6. The van der Waals surface area contributed by atoms with Gasteiger partial charge in [0.05, 0.1) is 0 Å². The zero-order chi connectivity index (χ0) is 25.2. The maximum atomic E-state index is 13.7. The molecule has 0 aromatic carbocycles. The number of carboxylic acid groups (broad SMARTS) is 1. The molecule has 2 aliphatic heterocycles. The minimum atomic E-state index is -1.34. The molecule has 1 saturated heterocycles. The number of carboxylic acids is 1. The van der Waals surface area contributed by atoms with Crippen molar-refractivity contribution in [3.8, 4) is 0 Å². The highest BCUT2D eigenvalue weighted by Crippen LogP contribution is 2.41. The number of hydrogen-bond donors (Lipinski definition) is 3. The second-order valence-corrected chi connectivity index (χ2v) is 10.2. The molecule has 1 saturated carbocycles. The van der Waals surface area contributed by atoms with Crippen LogP contribution in [0.4, 0.5) is 0 Å². The van der Waals surface area contributed by atoms with E-state index < -0.39 is 35.4 Å². The average molecular weight is 487 g/mol. The van der Waals surface area contributed by atoms with Crippen molar-refractivity contribution in [2.75, 3.05) is 6.54 Å². The van der Waals surface area contributed by atoms with E-state index in [1.807, 2.05) is 19.1 Å². The summed E-state index contributed by atoms with van der Waals surface area (Å²) in [6, 6.07) is -0.0868. The Labute approximate surface area is 204 Å². The van der Waals surface area contributed by atoms with Gasteiger partial charge in [0.1, 0.15) is 23.4 Å². The predicted octanol–water partition coefficient (Wildman–Crippen LogP) is 2.19. The van der Waals surface area contributed by atoms with Gasteiger partial charge in [0.25, 0.3) is 5.91 Å². The molecule has 1 aliphatic carbocycles. The Kier molecular flexibility index (Phi) is 7.28. The normalized spacial score (nSPS) is 31.9. The van der Waals surface area contributed by atoms with Crippen LogP contribution in [0.5, 0.6) is 0 Å². The van der Waals surface area contributed by atoms with Crippen molar-refractivity contribution in [1.29, 1.82) is 0 Å². The first kappa shape index (κ1) is 24.9. The SMILES string of the molecule is Cc1cc(C(=O)NC2CCCCCC=CC3CCC3(C(=O)O)NC(=O)C3CC(C)CN3C2=O)no1. The van der Waals surface area contributed by atoms with Gasteiger partial charge in [-0.3, -0.25) is 14.4 Å². The molecule has 35 heavy (non-hydrogen) atoms. The molecule has 4 rings (SSSR count). The summed E-state index contributed by atoms with van der Waals surface area (Å²) in [4.78, 5) is 53.5. The fourth-order valence-electron chi connectivity index (χ4n) is 5.39. The standard InChI is InChI=1S/C25H34N4O6/c1-15-12-20-22(31)27-25(24(33)34)11-10-17(25)8-6-4-3-5-7-9-18(23(32)29(20)14-15)26-21(30)19-13-16(2)35-28-19/h6,8,13,15,17-18,20H,3-5,7,9-12,14H2,1-2H3,(H,26,30)(H,27,31)(H,33,34). The number of carbonyl (C=O) groups is 4. The number of nitrogens with zero attached hydrogens (tertiary/aromatic N) is 2. The van der Waals surface area contributed by atoms with Crippen LogP contribution in [-0.2, 0) is 14.4 Å². The molecule has 0 spiro atoms. The maximum absolute atomic E-state index is 13.7. The molecular weight excluding hydrogens is 452 g/mol. The largest absolute Gasteiger partial charge is 0.479 e. The van der Waals surface area contributed by atoms with Gasteiger partial charge in [-0.1, -0.05) is 37.1 Å². The molecule has 3 heterocycles. The number of hydrogen-bond acceptors (Lipinski definition) is 6. The molecule has 10 nitrogen and oxygen atoms in total. The summed E-state index contributed by atoms with van der Waals surface area (Å²) in [6.45, 7) is 4.01. The zero-order valence-corrected chi connectivity index (χ0v) is 20.3. The third-order valence-corrected chi connectivity index (χ3v) is 7.50. The summed E-state index contributed by atoms with van der Waals surface area (Å²) in [7, 11) is 0. The Morgan fingerprint density at radius 2 is 2.06 bits per heavy atom. The van der Waals surface area contributed by atoms with Crippen molar-refractivity contribution >= 4 is 23.7 Å². The lowest BCUT2D eigenvalue weighted by molar-refractivity contribution is -0.156. The molecule has 10 heteroatoms. The minimum absolute atomic E-state index is 0.0704. The van der Waals surface area contributed by atoms with Crippen molar-refractivity contribution in [2.45, 2.75) is 82.8 Å². The van der Waals surface area contributed by atoms with Gasteiger partial charge in [0.2, 0.25) is 11.8 Å². The summed E-state index contributed by atoms with van der Waals surface area (Å²) in [5, 5.41) is 19.3. The summed E-state index contributed by atoms with van der Waals surface area (Å²) < 4.78 is 4.99. The van der Waals surface area contributed by atoms with Crippen LogP contribution in [0.3, 0.4) is 0 Å².